The monoisotopic (exact) mass is 253 g/mol. The van der Waals surface area contributed by atoms with Gasteiger partial charge in [-0.25, -0.2) is 4.98 Å². The molecule has 1 fully saturated rings. The number of aryl methyl sites for hydroxylation is 1. The van der Waals surface area contributed by atoms with Crippen molar-refractivity contribution in [2.45, 2.75) is 45.1 Å². The van der Waals surface area contributed by atoms with Crippen molar-refractivity contribution in [2.75, 3.05) is 19.6 Å². The van der Waals surface area contributed by atoms with Crippen LogP contribution in [-0.4, -0.2) is 30.2 Å². The average molecular weight is 253 g/mol. The fourth-order valence-electron chi connectivity index (χ4n) is 2.37. The molecule has 0 aromatic carbocycles. The summed E-state index contributed by atoms with van der Waals surface area (Å²) in [6.07, 6.45) is 5.01. The summed E-state index contributed by atoms with van der Waals surface area (Å²) in [5, 5.41) is 10.5. The molecule has 1 aromatic heterocycles. The lowest BCUT2D eigenvalue weighted by atomic mass is 9.91. The largest absolute Gasteiger partial charge is 0.315 e. The number of thiazole rings is 1. The first-order valence-electron chi connectivity index (χ1n) is 6.55. The van der Waals surface area contributed by atoms with E-state index in [4.69, 9.17) is 0 Å². The second-order valence-corrected chi connectivity index (χ2v) is 6.29. The van der Waals surface area contributed by atoms with Crippen molar-refractivity contribution in [3.05, 3.63) is 16.1 Å². The molecule has 2 rings (SSSR count). The van der Waals surface area contributed by atoms with Crippen LogP contribution in [0, 0.1) is 6.92 Å². The van der Waals surface area contributed by atoms with E-state index in [1.54, 1.807) is 11.3 Å². The highest BCUT2D eigenvalue weighted by molar-refractivity contribution is 7.09. The van der Waals surface area contributed by atoms with Crippen molar-refractivity contribution in [3.63, 3.8) is 0 Å². The van der Waals surface area contributed by atoms with Gasteiger partial charge in [-0.1, -0.05) is 6.42 Å². The maximum absolute atomic E-state index is 4.48. The van der Waals surface area contributed by atoms with Gasteiger partial charge in [0.15, 0.2) is 0 Å². The number of nitrogens with zero attached hydrogens (tertiary/aromatic N) is 1. The van der Waals surface area contributed by atoms with Crippen LogP contribution in [-0.2, 0) is 6.42 Å². The zero-order chi connectivity index (χ0) is 12.1. The summed E-state index contributed by atoms with van der Waals surface area (Å²) in [5.41, 5.74) is 1.53. The van der Waals surface area contributed by atoms with Crippen LogP contribution < -0.4 is 10.6 Å². The van der Waals surface area contributed by atoms with Gasteiger partial charge < -0.3 is 10.6 Å². The van der Waals surface area contributed by atoms with Crippen molar-refractivity contribution in [1.29, 1.82) is 0 Å². The van der Waals surface area contributed by atoms with E-state index in [-0.39, 0.29) is 0 Å². The van der Waals surface area contributed by atoms with Crippen LogP contribution in [0.5, 0.6) is 0 Å². The molecule has 0 spiro atoms. The number of hydrogen-bond acceptors (Lipinski definition) is 4. The highest BCUT2D eigenvalue weighted by Crippen LogP contribution is 2.17. The van der Waals surface area contributed by atoms with Crippen molar-refractivity contribution in [1.82, 2.24) is 15.6 Å². The third-order valence-electron chi connectivity index (χ3n) is 3.45. The van der Waals surface area contributed by atoms with Crippen LogP contribution in [0.15, 0.2) is 5.38 Å². The van der Waals surface area contributed by atoms with E-state index in [1.807, 2.05) is 0 Å². The highest BCUT2D eigenvalue weighted by Gasteiger charge is 2.25. The van der Waals surface area contributed by atoms with Crippen molar-refractivity contribution in [2.24, 2.45) is 0 Å². The van der Waals surface area contributed by atoms with Crippen LogP contribution in [0.2, 0.25) is 0 Å². The predicted molar refractivity (Wildman–Crippen MR) is 73.7 cm³/mol. The third kappa shape index (κ3) is 4.05. The smallest absolute Gasteiger partial charge is 0.0897 e. The summed E-state index contributed by atoms with van der Waals surface area (Å²) in [6, 6.07) is 0. The maximum Gasteiger partial charge on any atom is 0.0897 e. The molecule has 3 nitrogen and oxygen atoms in total. The molecular weight excluding hydrogens is 230 g/mol. The predicted octanol–water partition coefficient (Wildman–Crippen LogP) is 2.12. The molecule has 1 atom stereocenters. The Labute approximate surface area is 108 Å². The summed E-state index contributed by atoms with van der Waals surface area (Å²) in [7, 11) is 0. The van der Waals surface area contributed by atoms with Crippen molar-refractivity contribution < 1.29 is 0 Å². The van der Waals surface area contributed by atoms with E-state index >= 15 is 0 Å². The van der Waals surface area contributed by atoms with E-state index < -0.39 is 0 Å². The third-order valence-corrected chi connectivity index (χ3v) is 4.27. The number of piperidine rings is 1. The van der Waals surface area contributed by atoms with Gasteiger partial charge in [-0.05, 0) is 33.2 Å². The lowest BCUT2D eigenvalue weighted by Gasteiger charge is -2.35. The number of rotatable bonds is 5. The Morgan fingerprint density at radius 2 is 2.41 bits per heavy atom. The molecule has 0 radical (unpaired) electrons. The molecule has 4 heteroatoms. The Kier molecular flexibility index (Phi) is 4.54. The molecular formula is C13H23N3S. The molecule has 2 heterocycles. The molecule has 0 bridgehead atoms. The fourth-order valence-corrected chi connectivity index (χ4v) is 3.02. The van der Waals surface area contributed by atoms with E-state index in [1.165, 1.54) is 36.5 Å². The Hall–Kier alpha value is -0.450. The lowest BCUT2D eigenvalue weighted by molar-refractivity contribution is 0.268. The topological polar surface area (TPSA) is 37.0 Å². The van der Waals surface area contributed by atoms with Gasteiger partial charge in [0.05, 0.1) is 10.7 Å². The van der Waals surface area contributed by atoms with Crippen LogP contribution in [0.3, 0.4) is 0 Å². The second-order valence-electron chi connectivity index (χ2n) is 5.23. The summed E-state index contributed by atoms with van der Waals surface area (Å²) in [6.45, 7) is 7.65. The minimum absolute atomic E-state index is 0.302. The lowest BCUT2D eigenvalue weighted by Crippen LogP contribution is -2.52. The van der Waals surface area contributed by atoms with Crippen LogP contribution in [0.4, 0.5) is 0 Å². The number of aromatic nitrogens is 1. The molecule has 2 N–H and O–H groups in total. The summed E-state index contributed by atoms with van der Waals surface area (Å²) in [4.78, 5) is 4.48. The number of hydrogen-bond donors (Lipinski definition) is 2. The normalized spacial score (nSPS) is 25.1. The summed E-state index contributed by atoms with van der Waals surface area (Å²) >= 11 is 1.74. The Balaban J connectivity index is 1.65. The Bertz CT molecular complexity index is 342. The molecule has 96 valence electrons. The van der Waals surface area contributed by atoms with Gasteiger partial charge in [0, 0.05) is 30.4 Å². The average Bonchev–Trinajstić information content (AvgIpc) is 2.72. The standard InChI is InChI=1S/C13H23N3S/c1-11-16-12(9-17-11)5-8-14-10-13(2)6-3-4-7-15-13/h9,14-15H,3-8,10H2,1-2H3. The Morgan fingerprint density at radius 1 is 1.53 bits per heavy atom. The highest BCUT2D eigenvalue weighted by atomic mass is 32.1. The van der Waals surface area contributed by atoms with Gasteiger partial charge in [0.2, 0.25) is 0 Å². The number of nitrogens with one attached hydrogen (secondary N) is 2. The first-order chi connectivity index (χ1) is 8.18. The quantitative estimate of drug-likeness (QED) is 0.789. The SMILES string of the molecule is Cc1nc(CCNCC2(C)CCCCN2)cs1. The minimum Gasteiger partial charge on any atom is -0.315 e. The van der Waals surface area contributed by atoms with Gasteiger partial charge in [0.25, 0.3) is 0 Å². The molecule has 0 amide bonds. The molecule has 1 unspecified atom stereocenters. The molecule has 1 aliphatic heterocycles. The molecule has 0 saturated carbocycles. The molecule has 0 aliphatic carbocycles. The van der Waals surface area contributed by atoms with Gasteiger partial charge in [0.1, 0.15) is 0 Å². The van der Waals surface area contributed by atoms with Crippen LogP contribution >= 0.6 is 11.3 Å². The summed E-state index contributed by atoms with van der Waals surface area (Å²) in [5.74, 6) is 0. The van der Waals surface area contributed by atoms with Gasteiger partial charge in [-0.15, -0.1) is 11.3 Å². The fraction of sp³-hybridized carbons (Fsp3) is 0.769. The maximum atomic E-state index is 4.48. The van der Waals surface area contributed by atoms with Crippen molar-refractivity contribution >= 4 is 11.3 Å². The zero-order valence-electron chi connectivity index (χ0n) is 10.9. The van der Waals surface area contributed by atoms with Gasteiger partial charge in [-0.3, -0.25) is 0 Å². The van der Waals surface area contributed by atoms with Crippen LogP contribution in [0.1, 0.15) is 36.9 Å². The van der Waals surface area contributed by atoms with E-state index in [2.05, 4.69) is 34.8 Å². The molecule has 1 aromatic rings. The van der Waals surface area contributed by atoms with Crippen LogP contribution in [0.25, 0.3) is 0 Å². The zero-order valence-corrected chi connectivity index (χ0v) is 11.7. The van der Waals surface area contributed by atoms with Gasteiger partial charge in [-0.2, -0.15) is 0 Å². The van der Waals surface area contributed by atoms with E-state index in [0.29, 0.717) is 5.54 Å². The van der Waals surface area contributed by atoms with Gasteiger partial charge >= 0.3 is 0 Å². The summed E-state index contributed by atoms with van der Waals surface area (Å²) < 4.78 is 0. The molecule has 17 heavy (non-hydrogen) atoms. The molecule has 1 aliphatic rings. The minimum atomic E-state index is 0.302. The van der Waals surface area contributed by atoms with E-state index in [0.717, 1.165) is 19.5 Å². The second kappa shape index (κ2) is 5.94. The Morgan fingerprint density at radius 3 is 3.06 bits per heavy atom. The van der Waals surface area contributed by atoms with Crippen molar-refractivity contribution in [3.8, 4) is 0 Å². The molecule has 1 saturated heterocycles. The first kappa shape index (κ1) is 13.0. The first-order valence-corrected chi connectivity index (χ1v) is 7.43. The van der Waals surface area contributed by atoms with E-state index in [9.17, 15) is 0 Å².